The largest absolute Gasteiger partial charge is 0.338 e. The third kappa shape index (κ3) is 3.66. The van der Waals surface area contributed by atoms with Gasteiger partial charge in [0.25, 0.3) is 0 Å². The van der Waals surface area contributed by atoms with Crippen molar-refractivity contribution in [2.75, 3.05) is 13.1 Å². The molecule has 1 saturated heterocycles. The second-order valence-corrected chi connectivity index (χ2v) is 6.19. The second-order valence-electron chi connectivity index (χ2n) is 5.79. The molecule has 1 aromatic rings. The van der Waals surface area contributed by atoms with Gasteiger partial charge in [-0.2, -0.15) is 0 Å². The van der Waals surface area contributed by atoms with Crippen LogP contribution in [-0.2, 0) is 0 Å². The number of likely N-dealkylation sites (tertiary alicyclic amines) is 1. The van der Waals surface area contributed by atoms with Gasteiger partial charge in [-0.1, -0.05) is 43.6 Å². The molecule has 0 spiro atoms. The van der Waals surface area contributed by atoms with Gasteiger partial charge in [-0.25, -0.2) is 4.79 Å². The highest BCUT2D eigenvalue weighted by atomic mass is 35.5. The summed E-state index contributed by atoms with van der Waals surface area (Å²) in [4.78, 5) is 14.2. The van der Waals surface area contributed by atoms with E-state index >= 15 is 0 Å². The Morgan fingerprint density at radius 2 is 2.20 bits per heavy atom. The molecule has 4 heteroatoms. The third-order valence-electron chi connectivity index (χ3n) is 3.78. The minimum atomic E-state index is 0.0352. The number of hydrogen-bond donors (Lipinski definition) is 1. The molecule has 1 aromatic carbocycles. The zero-order chi connectivity index (χ0) is 14.5. The molecular formula is C16H23ClN2O. The van der Waals surface area contributed by atoms with Gasteiger partial charge >= 0.3 is 6.03 Å². The Morgan fingerprint density at radius 3 is 2.90 bits per heavy atom. The Hall–Kier alpha value is -1.22. The van der Waals surface area contributed by atoms with Crippen molar-refractivity contribution in [2.24, 2.45) is 5.92 Å². The van der Waals surface area contributed by atoms with Crippen molar-refractivity contribution in [1.29, 1.82) is 0 Å². The number of amides is 2. The highest BCUT2D eigenvalue weighted by Crippen LogP contribution is 2.35. The van der Waals surface area contributed by atoms with Gasteiger partial charge in [0.2, 0.25) is 0 Å². The Kier molecular flexibility index (Phi) is 5.30. The van der Waals surface area contributed by atoms with Crippen molar-refractivity contribution in [1.82, 2.24) is 10.2 Å². The first-order valence-corrected chi connectivity index (χ1v) is 7.76. The molecule has 20 heavy (non-hydrogen) atoms. The van der Waals surface area contributed by atoms with Crippen LogP contribution < -0.4 is 5.32 Å². The lowest BCUT2D eigenvalue weighted by molar-refractivity contribution is 0.192. The van der Waals surface area contributed by atoms with Crippen molar-refractivity contribution >= 4 is 17.6 Å². The fraction of sp³-hybridized carbons (Fsp3) is 0.562. The molecule has 1 aliphatic heterocycles. The number of rotatable bonds is 4. The van der Waals surface area contributed by atoms with Gasteiger partial charge in [0.1, 0.15) is 0 Å². The summed E-state index contributed by atoms with van der Waals surface area (Å²) in [6.07, 6.45) is 3.03. The number of halogens is 1. The average Bonchev–Trinajstić information content (AvgIpc) is 2.87. The number of urea groups is 1. The van der Waals surface area contributed by atoms with E-state index in [1.54, 1.807) is 0 Å². The molecule has 1 heterocycles. The van der Waals surface area contributed by atoms with Crippen LogP contribution in [0.25, 0.3) is 0 Å². The van der Waals surface area contributed by atoms with E-state index in [1.807, 2.05) is 29.2 Å². The minimum absolute atomic E-state index is 0.0352. The SMILES string of the molecule is CC(C)CCNC(=O)N1CCCC1c1ccccc1Cl. The summed E-state index contributed by atoms with van der Waals surface area (Å²) in [5.41, 5.74) is 1.06. The van der Waals surface area contributed by atoms with E-state index in [-0.39, 0.29) is 12.1 Å². The quantitative estimate of drug-likeness (QED) is 0.885. The van der Waals surface area contributed by atoms with Gasteiger partial charge in [-0.15, -0.1) is 0 Å². The number of carbonyl (C=O) groups is 1. The van der Waals surface area contributed by atoms with E-state index in [0.29, 0.717) is 5.92 Å². The molecule has 110 valence electrons. The zero-order valence-electron chi connectivity index (χ0n) is 12.2. The molecule has 0 aromatic heterocycles. The van der Waals surface area contributed by atoms with Crippen LogP contribution in [0.5, 0.6) is 0 Å². The van der Waals surface area contributed by atoms with Crippen LogP contribution in [0.1, 0.15) is 44.7 Å². The maximum Gasteiger partial charge on any atom is 0.317 e. The van der Waals surface area contributed by atoms with Crippen molar-refractivity contribution in [3.05, 3.63) is 34.9 Å². The standard InChI is InChI=1S/C16H23ClN2O/c1-12(2)9-10-18-16(20)19-11-5-8-15(19)13-6-3-4-7-14(13)17/h3-4,6-7,12,15H,5,8-11H2,1-2H3,(H,18,20). The Balaban J connectivity index is 2.00. The van der Waals surface area contributed by atoms with Crippen LogP contribution in [-0.4, -0.2) is 24.0 Å². The molecule has 2 rings (SSSR count). The van der Waals surface area contributed by atoms with Crippen LogP contribution >= 0.6 is 11.6 Å². The molecule has 0 bridgehead atoms. The molecule has 1 unspecified atom stereocenters. The zero-order valence-corrected chi connectivity index (χ0v) is 13.0. The first-order valence-electron chi connectivity index (χ1n) is 7.38. The molecule has 0 aliphatic carbocycles. The van der Waals surface area contributed by atoms with Crippen LogP contribution in [0.4, 0.5) is 4.79 Å². The highest BCUT2D eigenvalue weighted by Gasteiger charge is 2.30. The van der Waals surface area contributed by atoms with Gasteiger partial charge in [-0.3, -0.25) is 0 Å². The normalized spacial score (nSPS) is 18.6. The summed E-state index contributed by atoms with van der Waals surface area (Å²) in [6.45, 7) is 5.87. The number of nitrogens with one attached hydrogen (secondary N) is 1. The molecule has 1 atom stereocenters. The molecule has 0 radical (unpaired) electrons. The Bertz CT molecular complexity index is 462. The third-order valence-corrected chi connectivity index (χ3v) is 4.12. The molecule has 2 amide bonds. The predicted octanol–water partition coefficient (Wildman–Crippen LogP) is 4.23. The number of carbonyl (C=O) groups excluding carboxylic acids is 1. The van der Waals surface area contributed by atoms with Crippen molar-refractivity contribution in [3.8, 4) is 0 Å². The molecule has 1 fully saturated rings. The first-order chi connectivity index (χ1) is 9.59. The Morgan fingerprint density at radius 1 is 1.45 bits per heavy atom. The molecule has 1 N–H and O–H groups in total. The monoisotopic (exact) mass is 294 g/mol. The first kappa shape index (κ1) is 15.2. The van der Waals surface area contributed by atoms with Crippen molar-refractivity contribution < 1.29 is 4.79 Å². The number of benzene rings is 1. The lowest BCUT2D eigenvalue weighted by atomic mass is 10.0. The molecule has 3 nitrogen and oxygen atoms in total. The van der Waals surface area contributed by atoms with Crippen LogP contribution in [0.2, 0.25) is 5.02 Å². The number of hydrogen-bond acceptors (Lipinski definition) is 1. The van der Waals surface area contributed by atoms with Crippen LogP contribution in [0.3, 0.4) is 0 Å². The lowest BCUT2D eigenvalue weighted by Gasteiger charge is -2.26. The van der Waals surface area contributed by atoms with Gasteiger partial charge in [0.15, 0.2) is 0 Å². The highest BCUT2D eigenvalue weighted by molar-refractivity contribution is 6.31. The predicted molar refractivity (Wildman–Crippen MR) is 83.0 cm³/mol. The fourth-order valence-corrected chi connectivity index (χ4v) is 2.91. The maximum atomic E-state index is 12.3. The number of nitrogens with zero attached hydrogens (tertiary/aromatic N) is 1. The summed E-state index contributed by atoms with van der Waals surface area (Å²) in [5, 5.41) is 3.77. The van der Waals surface area contributed by atoms with E-state index < -0.39 is 0 Å². The van der Waals surface area contributed by atoms with E-state index in [0.717, 1.165) is 42.9 Å². The van der Waals surface area contributed by atoms with Gasteiger partial charge in [0, 0.05) is 18.1 Å². The minimum Gasteiger partial charge on any atom is -0.338 e. The molecule has 0 saturated carbocycles. The van der Waals surface area contributed by atoms with Crippen molar-refractivity contribution in [2.45, 2.75) is 39.2 Å². The lowest BCUT2D eigenvalue weighted by Crippen LogP contribution is -2.40. The summed E-state index contributed by atoms with van der Waals surface area (Å²) in [5.74, 6) is 0.605. The topological polar surface area (TPSA) is 32.3 Å². The van der Waals surface area contributed by atoms with E-state index in [9.17, 15) is 4.79 Å². The smallest absolute Gasteiger partial charge is 0.317 e. The average molecular weight is 295 g/mol. The van der Waals surface area contributed by atoms with Gasteiger partial charge in [-0.05, 0) is 36.8 Å². The van der Waals surface area contributed by atoms with E-state index in [1.165, 1.54) is 0 Å². The van der Waals surface area contributed by atoms with Crippen molar-refractivity contribution in [3.63, 3.8) is 0 Å². The van der Waals surface area contributed by atoms with Gasteiger partial charge in [0.05, 0.1) is 6.04 Å². The van der Waals surface area contributed by atoms with Crippen LogP contribution in [0, 0.1) is 5.92 Å². The molecular weight excluding hydrogens is 272 g/mol. The fourth-order valence-electron chi connectivity index (χ4n) is 2.65. The summed E-state index contributed by atoms with van der Waals surface area (Å²) >= 11 is 6.26. The Labute approximate surface area is 126 Å². The van der Waals surface area contributed by atoms with Crippen LogP contribution in [0.15, 0.2) is 24.3 Å². The van der Waals surface area contributed by atoms with E-state index in [2.05, 4.69) is 19.2 Å². The van der Waals surface area contributed by atoms with E-state index in [4.69, 9.17) is 11.6 Å². The van der Waals surface area contributed by atoms with Gasteiger partial charge < -0.3 is 10.2 Å². The summed E-state index contributed by atoms with van der Waals surface area (Å²) in [7, 11) is 0. The summed E-state index contributed by atoms with van der Waals surface area (Å²) in [6, 6.07) is 7.97. The summed E-state index contributed by atoms with van der Waals surface area (Å²) < 4.78 is 0. The second kappa shape index (κ2) is 6.98. The molecule has 1 aliphatic rings. The maximum absolute atomic E-state index is 12.3.